The molecule has 0 heterocycles. The molecule has 0 radical (unpaired) electrons. The lowest BCUT2D eigenvalue weighted by Crippen LogP contribution is -2.33. The molecule has 0 saturated carbocycles. The Morgan fingerprint density at radius 2 is 1.83 bits per heavy atom. The maximum atomic E-state index is 12.8. The quantitative estimate of drug-likeness (QED) is 0.521. The fourth-order valence-corrected chi connectivity index (χ4v) is 3.37. The van der Waals surface area contributed by atoms with Gasteiger partial charge >= 0.3 is 0 Å². The van der Waals surface area contributed by atoms with E-state index in [9.17, 15) is 9.18 Å². The molecule has 2 aromatic rings. The van der Waals surface area contributed by atoms with Crippen LogP contribution in [0.15, 0.2) is 53.4 Å². The predicted molar refractivity (Wildman–Crippen MR) is 99.1 cm³/mol. The molecule has 24 heavy (non-hydrogen) atoms. The van der Waals surface area contributed by atoms with E-state index in [0.29, 0.717) is 11.6 Å². The molecule has 2 nitrogen and oxygen atoms in total. The zero-order chi connectivity index (χ0) is 17.4. The molecule has 0 fully saturated rings. The molecule has 1 amide bonds. The number of hydrogen-bond donors (Lipinski definition) is 1. The van der Waals surface area contributed by atoms with Gasteiger partial charge in [0.15, 0.2) is 0 Å². The first kappa shape index (κ1) is 18.8. The van der Waals surface area contributed by atoms with Gasteiger partial charge in [0.05, 0.1) is 5.25 Å². The van der Waals surface area contributed by atoms with E-state index in [1.54, 1.807) is 23.9 Å². The number of amides is 1. The highest BCUT2D eigenvalue weighted by molar-refractivity contribution is 8.00. The Hall–Kier alpha value is -1.52. The van der Waals surface area contributed by atoms with Gasteiger partial charge in [-0.3, -0.25) is 4.79 Å². The zero-order valence-corrected chi connectivity index (χ0v) is 15.2. The molecule has 2 rings (SSSR count). The summed E-state index contributed by atoms with van der Waals surface area (Å²) in [5.41, 5.74) is 1.08. The summed E-state index contributed by atoms with van der Waals surface area (Å²) in [5.74, 6) is -0.173. The van der Waals surface area contributed by atoms with E-state index in [2.05, 4.69) is 5.32 Å². The Balaban J connectivity index is 1.75. The minimum atomic E-state index is -0.225. The van der Waals surface area contributed by atoms with Gasteiger partial charge in [0.1, 0.15) is 5.82 Å². The van der Waals surface area contributed by atoms with E-state index in [0.717, 1.165) is 29.7 Å². The van der Waals surface area contributed by atoms with Gasteiger partial charge in [-0.05, 0) is 61.2 Å². The number of halogens is 2. The maximum Gasteiger partial charge on any atom is 0.233 e. The standard InChI is InChI=1S/C19H21ClFNOS/c1-2-18(24-17-11-7-15(20)8-12-17)19(23)22-13-3-4-14-5-9-16(21)10-6-14/h5-12,18H,2-4,13H2,1H3,(H,22,23)/t18-/m0/s1. The molecule has 0 bridgehead atoms. The van der Waals surface area contributed by atoms with Gasteiger partial charge in [0, 0.05) is 16.5 Å². The number of rotatable bonds is 8. The highest BCUT2D eigenvalue weighted by Crippen LogP contribution is 2.26. The molecule has 0 aliphatic carbocycles. The first-order valence-electron chi connectivity index (χ1n) is 8.03. The minimum Gasteiger partial charge on any atom is -0.355 e. The number of thioether (sulfide) groups is 1. The lowest BCUT2D eigenvalue weighted by Gasteiger charge is -2.14. The third-order valence-electron chi connectivity index (χ3n) is 3.61. The lowest BCUT2D eigenvalue weighted by atomic mass is 10.1. The molecule has 1 N–H and O–H groups in total. The molecule has 0 spiro atoms. The van der Waals surface area contributed by atoms with Crippen molar-refractivity contribution in [2.75, 3.05) is 6.54 Å². The summed E-state index contributed by atoms with van der Waals surface area (Å²) < 4.78 is 12.8. The molecule has 5 heteroatoms. The number of carbonyl (C=O) groups excluding carboxylic acids is 1. The molecule has 2 aromatic carbocycles. The van der Waals surface area contributed by atoms with Crippen molar-refractivity contribution in [3.05, 3.63) is 64.9 Å². The van der Waals surface area contributed by atoms with Crippen molar-refractivity contribution in [1.29, 1.82) is 0 Å². The summed E-state index contributed by atoms with van der Waals surface area (Å²) in [6.45, 7) is 2.62. The van der Waals surface area contributed by atoms with Gasteiger partial charge < -0.3 is 5.32 Å². The van der Waals surface area contributed by atoms with Crippen LogP contribution in [-0.2, 0) is 11.2 Å². The van der Waals surface area contributed by atoms with Crippen LogP contribution in [0.2, 0.25) is 5.02 Å². The van der Waals surface area contributed by atoms with Gasteiger partial charge in [-0.15, -0.1) is 11.8 Å². The number of nitrogens with one attached hydrogen (secondary N) is 1. The summed E-state index contributed by atoms with van der Waals surface area (Å²) in [6, 6.07) is 14.0. The Kier molecular flexibility index (Phi) is 7.60. The summed E-state index contributed by atoms with van der Waals surface area (Å²) in [7, 11) is 0. The van der Waals surface area contributed by atoms with Crippen molar-refractivity contribution in [3.63, 3.8) is 0 Å². The first-order valence-corrected chi connectivity index (χ1v) is 9.28. The average molecular weight is 366 g/mol. The molecule has 0 unspecified atom stereocenters. The Morgan fingerprint density at radius 1 is 1.17 bits per heavy atom. The second-order valence-corrected chi connectivity index (χ2v) is 7.20. The second kappa shape index (κ2) is 9.70. The number of carbonyl (C=O) groups is 1. The fourth-order valence-electron chi connectivity index (χ4n) is 2.27. The summed E-state index contributed by atoms with van der Waals surface area (Å²) in [4.78, 5) is 13.3. The van der Waals surface area contributed by atoms with E-state index in [-0.39, 0.29) is 17.0 Å². The van der Waals surface area contributed by atoms with E-state index in [4.69, 9.17) is 11.6 Å². The number of aryl methyl sites for hydroxylation is 1. The van der Waals surface area contributed by atoms with E-state index < -0.39 is 0 Å². The average Bonchev–Trinajstić information content (AvgIpc) is 2.59. The van der Waals surface area contributed by atoms with E-state index in [1.807, 2.05) is 31.2 Å². The molecular weight excluding hydrogens is 345 g/mol. The largest absolute Gasteiger partial charge is 0.355 e. The normalized spacial score (nSPS) is 12.0. The van der Waals surface area contributed by atoms with Crippen LogP contribution in [-0.4, -0.2) is 17.7 Å². The maximum absolute atomic E-state index is 12.8. The van der Waals surface area contributed by atoms with Gasteiger partial charge in [-0.2, -0.15) is 0 Å². The molecule has 0 aromatic heterocycles. The van der Waals surface area contributed by atoms with Crippen LogP contribution in [0.25, 0.3) is 0 Å². The third kappa shape index (κ3) is 6.17. The molecule has 0 saturated heterocycles. The van der Waals surface area contributed by atoms with Crippen LogP contribution in [0, 0.1) is 5.82 Å². The molecule has 0 aliphatic heterocycles. The third-order valence-corrected chi connectivity index (χ3v) is 5.24. The highest BCUT2D eigenvalue weighted by atomic mass is 35.5. The molecule has 128 valence electrons. The van der Waals surface area contributed by atoms with Crippen molar-refractivity contribution >= 4 is 29.3 Å². The SMILES string of the molecule is CC[C@H](Sc1ccc(Cl)cc1)C(=O)NCCCc1ccc(F)cc1. The summed E-state index contributed by atoms with van der Waals surface area (Å²) in [6.07, 6.45) is 2.41. The van der Waals surface area contributed by atoms with Gasteiger partial charge in [0.25, 0.3) is 0 Å². The van der Waals surface area contributed by atoms with Crippen LogP contribution >= 0.6 is 23.4 Å². The monoisotopic (exact) mass is 365 g/mol. The van der Waals surface area contributed by atoms with Crippen LogP contribution in [0.3, 0.4) is 0 Å². The first-order chi connectivity index (χ1) is 11.6. The van der Waals surface area contributed by atoms with E-state index >= 15 is 0 Å². The number of hydrogen-bond acceptors (Lipinski definition) is 2. The van der Waals surface area contributed by atoms with Crippen molar-refractivity contribution in [3.8, 4) is 0 Å². The zero-order valence-electron chi connectivity index (χ0n) is 13.6. The topological polar surface area (TPSA) is 29.1 Å². The lowest BCUT2D eigenvalue weighted by molar-refractivity contribution is -0.120. The summed E-state index contributed by atoms with van der Waals surface area (Å²) >= 11 is 7.43. The van der Waals surface area contributed by atoms with Gasteiger partial charge in [-0.25, -0.2) is 4.39 Å². The molecule has 1 atom stereocenters. The molecule has 0 aliphatic rings. The molecular formula is C19H21ClFNOS. The smallest absolute Gasteiger partial charge is 0.233 e. The highest BCUT2D eigenvalue weighted by Gasteiger charge is 2.17. The van der Waals surface area contributed by atoms with Crippen LogP contribution < -0.4 is 5.32 Å². The number of benzene rings is 2. The van der Waals surface area contributed by atoms with Gasteiger partial charge in [0.2, 0.25) is 5.91 Å². The van der Waals surface area contributed by atoms with Crippen LogP contribution in [0.5, 0.6) is 0 Å². The van der Waals surface area contributed by atoms with Crippen molar-refractivity contribution in [2.45, 2.75) is 36.3 Å². The van der Waals surface area contributed by atoms with E-state index in [1.165, 1.54) is 12.1 Å². The van der Waals surface area contributed by atoms with Crippen LogP contribution in [0.4, 0.5) is 4.39 Å². The predicted octanol–water partition coefficient (Wildman–Crippen LogP) is 5.10. The van der Waals surface area contributed by atoms with Crippen LogP contribution in [0.1, 0.15) is 25.3 Å². The Bertz CT molecular complexity index is 645. The fraction of sp³-hybridized carbons (Fsp3) is 0.316. The Morgan fingerprint density at radius 3 is 2.46 bits per heavy atom. The van der Waals surface area contributed by atoms with Crippen molar-refractivity contribution < 1.29 is 9.18 Å². The minimum absolute atomic E-state index is 0.0524. The summed E-state index contributed by atoms with van der Waals surface area (Å²) in [5, 5.41) is 3.57. The van der Waals surface area contributed by atoms with Crippen molar-refractivity contribution in [2.24, 2.45) is 0 Å². The van der Waals surface area contributed by atoms with Gasteiger partial charge in [-0.1, -0.05) is 30.7 Å². The van der Waals surface area contributed by atoms with Crippen molar-refractivity contribution in [1.82, 2.24) is 5.32 Å². The Labute approximate surface area is 151 Å². The second-order valence-electron chi connectivity index (χ2n) is 5.49.